The Hall–Kier alpha value is -3.49. The van der Waals surface area contributed by atoms with Crippen molar-refractivity contribution in [3.8, 4) is 5.69 Å². The van der Waals surface area contributed by atoms with E-state index in [0.717, 1.165) is 22.6 Å². The molecule has 164 valence electrons. The summed E-state index contributed by atoms with van der Waals surface area (Å²) in [6.45, 7) is 2.39. The van der Waals surface area contributed by atoms with E-state index in [0.29, 0.717) is 17.3 Å². The number of hydrogen-bond acceptors (Lipinski definition) is 5. The Labute approximate surface area is 192 Å². The maximum atomic E-state index is 13.1. The third-order valence-electron chi connectivity index (χ3n) is 5.27. The van der Waals surface area contributed by atoms with E-state index in [9.17, 15) is 4.79 Å². The number of benzene rings is 2. The average molecular weight is 449 g/mol. The molecule has 0 bridgehead atoms. The summed E-state index contributed by atoms with van der Waals surface area (Å²) < 4.78 is 12.4. The van der Waals surface area contributed by atoms with Crippen LogP contribution >= 0.6 is 12.2 Å². The molecule has 0 saturated heterocycles. The number of methoxy groups -OCH3 is 1. The molecular weight excluding hydrogens is 424 g/mol. The van der Waals surface area contributed by atoms with Gasteiger partial charge < -0.3 is 19.4 Å². The van der Waals surface area contributed by atoms with Crippen LogP contribution in [0.15, 0.2) is 84.6 Å². The number of nitrogens with zero attached hydrogens (tertiary/aromatic N) is 3. The van der Waals surface area contributed by atoms with E-state index in [4.69, 9.17) is 21.7 Å². The van der Waals surface area contributed by atoms with Gasteiger partial charge in [-0.15, -0.1) is 0 Å². The number of ether oxygens (including phenoxy) is 2. The van der Waals surface area contributed by atoms with Crippen LogP contribution in [-0.4, -0.2) is 41.0 Å². The third-order valence-corrected chi connectivity index (χ3v) is 5.57. The van der Waals surface area contributed by atoms with E-state index in [1.165, 1.54) is 0 Å². The van der Waals surface area contributed by atoms with E-state index < -0.39 is 12.0 Å². The third kappa shape index (κ3) is 4.42. The minimum Gasteiger partial charge on any atom is -0.460 e. The molecular formula is C24H24N4O3S. The van der Waals surface area contributed by atoms with Gasteiger partial charge in [0.15, 0.2) is 5.11 Å². The van der Waals surface area contributed by atoms with Crippen LogP contribution in [0.3, 0.4) is 0 Å². The van der Waals surface area contributed by atoms with E-state index in [-0.39, 0.29) is 6.61 Å². The summed E-state index contributed by atoms with van der Waals surface area (Å²) in [6, 6.07) is 17.2. The van der Waals surface area contributed by atoms with Gasteiger partial charge in [-0.05, 0) is 49.0 Å². The van der Waals surface area contributed by atoms with Gasteiger partial charge in [-0.1, -0.05) is 30.3 Å². The summed E-state index contributed by atoms with van der Waals surface area (Å²) in [5.74, 6) is -0.404. The monoisotopic (exact) mass is 448 g/mol. The van der Waals surface area contributed by atoms with Crippen LogP contribution in [0.25, 0.3) is 5.69 Å². The number of hydrogen-bond donors (Lipinski definition) is 1. The fourth-order valence-corrected chi connectivity index (χ4v) is 4.05. The number of nitrogens with one attached hydrogen (secondary N) is 1. The van der Waals surface area contributed by atoms with Crippen molar-refractivity contribution in [1.82, 2.24) is 14.9 Å². The van der Waals surface area contributed by atoms with Crippen LogP contribution in [-0.2, 0) is 14.3 Å². The molecule has 2 aromatic carbocycles. The minimum absolute atomic E-state index is 0.175. The molecule has 2 heterocycles. The van der Waals surface area contributed by atoms with Gasteiger partial charge in [0, 0.05) is 36.6 Å². The molecule has 1 unspecified atom stereocenters. The highest BCUT2D eigenvalue weighted by Crippen LogP contribution is 2.34. The Kier molecular flexibility index (Phi) is 6.63. The molecule has 32 heavy (non-hydrogen) atoms. The zero-order valence-electron chi connectivity index (χ0n) is 17.9. The first-order valence-electron chi connectivity index (χ1n) is 10.2. The highest BCUT2D eigenvalue weighted by molar-refractivity contribution is 7.80. The number of imidazole rings is 1. The second-order valence-electron chi connectivity index (χ2n) is 7.24. The van der Waals surface area contributed by atoms with Crippen LogP contribution in [0.1, 0.15) is 18.5 Å². The lowest BCUT2D eigenvalue weighted by Gasteiger charge is -2.37. The van der Waals surface area contributed by atoms with E-state index in [1.807, 2.05) is 77.2 Å². The van der Waals surface area contributed by atoms with Crippen molar-refractivity contribution in [3.63, 3.8) is 0 Å². The Balaban J connectivity index is 1.72. The number of carbonyl (C=O) groups excluding carboxylic acids is 1. The highest BCUT2D eigenvalue weighted by atomic mass is 32.1. The summed E-state index contributed by atoms with van der Waals surface area (Å²) in [7, 11) is 1.57. The summed E-state index contributed by atoms with van der Waals surface area (Å²) in [5.41, 5.74) is 3.99. The van der Waals surface area contributed by atoms with Gasteiger partial charge in [0.25, 0.3) is 0 Å². The van der Waals surface area contributed by atoms with Crippen molar-refractivity contribution >= 4 is 29.0 Å². The van der Waals surface area contributed by atoms with Gasteiger partial charge in [-0.25, -0.2) is 9.78 Å². The molecule has 0 amide bonds. The molecule has 0 saturated carbocycles. The number of thiocarbonyl (C=S) groups is 1. The fraction of sp³-hybridized carbons (Fsp3) is 0.208. The summed E-state index contributed by atoms with van der Waals surface area (Å²) >= 11 is 5.70. The number of rotatable bonds is 7. The number of anilines is 1. The van der Waals surface area contributed by atoms with Crippen molar-refractivity contribution in [1.29, 1.82) is 0 Å². The van der Waals surface area contributed by atoms with E-state index in [2.05, 4.69) is 10.3 Å². The summed E-state index contributed by atoms with van der Waals surface area (Å²) in [4.78, 5) is 19.1. The number of aromatic nitrogens is 2. The number of carbonyl (C=O) groups is 1. The second kappa shape index (κ2) is 9.76. The van der Waals surface area contributed by atoms with Crippen molar-refractivity contribution in [2.45, 2.75) is 13.0 Å². The predicted octanol–water partition coefficient (Wildman–Crippen LogP) is 3.77. The molecule has 0 aliphatic carbocycles. The van der Waals surface area contributed by atoms with Crippen LogP contribution in [0.5, 0.6) is 0 Å². The molecule has 7 nitrogen and oxygen atoms in total. The largest absolute Gasteiger partial charge is 0.460 e. The molecule has 1 aliphatic rings. The number of allylic oxidation sites excluding steroid dienone is 1. The average Bonchev–Trinajstić information content (AvgIpc) is 3.35. The van der Waals surface area contributed by atoms with Crippen LogP contribution < -0.4 is 10.2 Å². The van der Waals surface area contributed by atoms with Gasteiger partial charge >= 0.3 is 5.97 Å². The fourth-order valence-electron chi connectivity index (χ4n) is 3.69. The van der Waals surface area contributed by atoms with Crippen molar-refractivity contribution < 1.29 is 14.3 Å². The lowest BCUT2D eigenvalue weighted by Crippen LogP contribution is -2.48. The second-order valence-corrected chi connectivity index (χ2v) is 7.63. The molecule has 3 aromatic rings. The summed E-state index contributed by atoms with van der Waals surface area (Å²) in [6.07, 6.45) is 5.35. The molecule has 1 N–H and O–H groups in total. The molecule has 1 aliphatic heterocycles. The maximum Gasteiger partial charge on any atom is 0.338 e. The molecule has 1 aromatic heterocycles. The lowest BCUT2D eigenvalue weighted by atomic mass is 9.94. The van der Waals surface area contributed by atoms with Crippen molar-refractivity contribution in [2.75, 3.05) is 25.2 Å². The standard InChI is InChI=1S/C24H24N4O3S/c1-17-21(23(29)31-15-14-30-2)22(26-24(32)28(17)20-6-4-3-5-7-20)18-8-10-19(11-9-18)27-13-12-25-16-27/h3-13,16,22H,14-15H2,1-2H3,(H,26,32). The van der Waals surface area contributed by atoms with E-state index >= 15 is 0 Å². The van der Waals surface area contributed by atoms with E-state index in [1.54, 1.807) is 19.6 Å². The number of esters is 1. The van der Waals surface area contributed by atoms with Gasteiger partial charge in [0.1, 0.15) is 6.61 Å². The normalized spacial score (nSPS) is 16.1. The molecule has 1 atom stereocenters. The van der Waals surface area contributed by atoms with Crippen molar-refractivity contribution in [2.24, 2.45) is 0 Å². The van der Waals surface area contributed by atoms with Crippen LogP contribution in [0.2, 0.25) is 0 Å². The first-order chi connectivity index (χ1) is 15.6. The smallest absolute Gasteiger partial charge is 0.338 e. The SMILES string of the molecule is COCCOC(=O)C1=C(C)N(c2ccccc2)C(=S)NC1c1ccc(-n2ccnc2)cc1. The number of para-hydroxylation sites is 1. The highest BCUT2D eigenvalue weighted by Gasteiger charge is 2.35. The molecule has 8 heteroatoms. The van der Waals surface area contributed by atoms with Gasteiger partial charge in [0.2, 0.25) is 0 Å². The summed E-state index contributed by atoms with van der Waals surface area (Å²) in [5, 5.41) is 3.85. The Bertz CT molecular complexity index is 1110. The molecule has 0 spiro atoms. The Morgan fingerprint density at radius 3 is 2.50 bits per heavy atom. The van der Waals surface area contributed by atoms with Crippen molar-refractivity contribution in [3.05, 3.63) is 90.2 Å². The predicted molar refractivity (Wildman–Crippen MR) is 126 cm³/mol. The lowest BCUT2D eigenvalue weighted by molar-refractivity contribution is -0.140. The topological polar surface area (TPSA) is 68.6 Å². The quantitative estimate of drug-likeness (QED) is 0.335. The Morgan fingerprint density at radius 2 is 1.84 bits per heavy atom. The Morgan fingerprint density at radius 1 is 1.09 bits per heavy atom. The molecule has 0 fully saturated rings. The van der Waals surface area contributed by atoms with Gasteiger partial charge in [-0.2, -0.15) is 0 Å². The van der Waals surface area contributed by atoms with Gasteiger partial charge in [-0.3, -0.25) is 4.90 Å². The van der Waals surface area contributed by atoms with Gasteiger partial charge in [0.05, 0.1) is 24.5 Å². The first kappa shape index (κ1) is 21.7. The maximum absolute atomic E-state index is 13.1. The minimum atomic E-state index is -0.436. The first-order valence-corrected chi connectivity index (χ1v) is 10.6. The molecule has 0 radical (unpaired) electrons. The van der Waals surface area contributed by atoms with Crippen LogP contribution in [0, 0.1) is 0 Å². The molecule has 4 rings (SSSR count). The zero-order chi connectivity index (χ0) is 22.5. The van der Waals surface area contributed by atoms with Crippen LogP contribution in [0.4, 0.5) is 5.69 Å². The zero-order valence-corrected chi connectivity index (χ0v) is 18.7.